The fourth-order valence-corrected chi connectivity index (χ4v) is 4.27. The maximum Gasteiger partial charge on any atom is 0.289 e. The first kappa shape index (κ1) is 19.7. The predicted molar refractivity (Wildman–Crippen MR) is 99.0 cm³/mol. The Balaban J connectivity index is 2.30. The van der Waals surface area contributed by atoms with Gasteiger partial charge in [0.2, 0.25) is 10.0 Å². The molecule has 0 bridgehead atoms. The van der Waals surface area contributed by atoms with Gasteiger partial charge in [0, 0.05) is 29.3 Å². The van der Waals surface area contributed by atoms with Gasteiger partial charge in [-0.25, -0.2) is 12.8 Å². The van der Waals surface area contributed by atoms with Crippen LogP contribution in [0.15, 0.2) is 47.4 Å². The molecule has 7 nitrogen and oxygen atoms in total. The Kier molecular flexibility index (Phi) is 6.08. The van der Waals surface area contributed by atoms with Crippen molar-refractivity contribution in [2.24, 2.45) is 5.73 Å². The van der Waals surface area contributed by atoms with E-state index in [1.807, 2.05) is 22.6 Å². The van der Waals surface area contributed by atoms with Gasteiger partial charge in [0.25, 0.3) is 5.69 Å². The maximum atomic E-state index is 13.5. The average Bonchev–Trinajstić information content (AvgIpc) is 2.53. The van der Waals surface area contributed by atoms with Crippen molar-refractivity contribution in [3.8, 4) is 0 Å². The number of para-hydroxylation sites is 1. The summed E-state index contributed by atoms with van der Waals surface area (Å²) in [7, 11) is -2.85. The third-order valence-corrected chi connectivity index (χ3v) is 6.01. The molecule has 0 amide bonds. The second-order valence-corrected chi connectivity index (χ2v) is 8.58. The molecular formula is C15H15FIN3O4S. The third kappa shape index (κ3) is 4.51. The molecule has 0 radical (unpaired) electrons. The molecular weight excluding hydrogens is 464 g/mol. The van der Waals surface area contributed by atoms with E-state index in [4.69, 9.17) is 5.73 Å². The van der Waals surface area contributed by atoms with Gasteiger partial charge in [0.1, 0.15) is 5.82 Å². The summed E-state index contributed by atoms with van der Waals surface area (Å²) in [6.07, 6.45) is 0. The van der Waals surface area contributed by atoms with Crippen LogP contribution in [0, 0.1) is 19.5 Å². The number of nitrogens with two attached hydrogens (primary N) is 1. The summed E-state index contributed by atoms with van der Waals surface area (Å²) in [5.41, 5.74) is 5.92. The molecule has 134 valence electrons. The molecule has 0 fully saturated rings. The van der Waals surface area contributed by atoms with Crippen LogP contribution in [0.2, 0.25) is 0 Å². The molecule has 0 spiro atoms. The Labute approximate surface area is 158 Å². The summed E-state index contributed by atoms with van der Waals surface area (Å²) in [5.74, 6) is -0.471. The number of hydrogen-bond acceptors (Lipinski definition) is 5. The van der Waals surface area contributed by atoms with Crippen LogP contribution < -0.4 is 5.73 Å². The lowest BCUT2D eigenvalue weighted by Gasteiger charge is -2.21. The SMILES string of the molecule is CN(CC(N)c1cc(F)cc(I)c1)S(=O)(=O)c1ccccc1[N+](=O)[O-]. The van der Waals surface area contributed by atoms with Crippen molar-refractivity contribution in [2.45, 2.75) is 10.9 Å². The molecule has 10 heteroatoms. The zero-order valence-corrected chi connectivity index (χ0v) is 16.1. The Hall–Kier alpha value is -1.63. The van der Waals surface area contributed by atoms with Crippen LogP contribution in [0.1, 0.15) is 11.6 Å². The van der Waals surface area contributed by atoms with E-state index >= 15 is 0 Å². The van der Waals surface area contributed by atoms with Crippen molar-refractivity contribution in [3.05, 3.63) is 67.5 Å². The van der Waals surface area contributed by atoms with E-state index in [0.717, 1.165) is 10.4 Å². The molecule has 2 N–H and O–H groups in total. The van der Waals surface area contributed by atoms with E-state index in [9.17, 15) is 22.9 Å². The van der Waals surface area contributed by atoms with Gasteiger partial charge in [-0.3, -0.25) is 10.1 Å². The Bertz CT molecular complexity index is 887. The van der Waals surface area contributed by atoms with Gasteiger partial charge in [0.05, 0.1) is 4.92 Å². The van der Waals surface area contributed by atoms with Crippen molar-refractivity contribution >= 4 is 38.3 Å². The minimum absolute atomic E-state index is 0.159. The van der Waals surface area contributed by atoms with Gasteiger partial charge >= 0.3 is 0 Å². The highest BCUT2D eigenvalue weighted by Crippen LogP contribution is 2.27. The van der Waals surface area contributed by atoms with Gasteiger partial charge in [-0.1, -0.05) is 12.1 Å². The molecule has 0 aliphatic rings. The fourth-order valence-electron chi connectivity index (χ4n) is 2.26. The van der Waals surface area contributed by atoms with E-state index in [1.165, 1.54) is 37.4 Å². The Morgan fingerprint density at radius 3 is 2.56 bits per heavy atom. The van der Waals surface area contributed by atoms with Crippen molar-refractivity contribution in [1.82, 2.24) is 4.31 Å². The highest BCUT2D eigenvalue weighted by atomic mass is 127. The van der Waals surface area contributed by atoms with Crippen LogP contribution in [-0.4, -0.2) is 31.2 Å². The lowest BCUT2D eigenvalue weighted by Crippen LogP contribution is -2.34. The normalized spacial score (nSPS) is 13.0. The third-order valence-electron chi connectivity index (χ3n) is 3.52. The molecule has 0 aliphatic heterocycles. The summed E-state index contributed by atoms with van der Waals surface area (Å²) in [5, 5.41) is 11.1. The monoisotopic (exact) mass is 479 g/mol. The van der Waals surface area contributed by atoms with Crippen LogP contribution in [0.5, 0.6) is 0 Å². The summed E-state index contributed by atoms with van der Waals surface area (Å²) in [6.45, 7) is -0.159. The van der Waals surface area contributed by atoms with Crippen molar-refractivity contribution in [1.29, 1.82) is 0 Å². The lowest BCUT2D eigenvalue weighted by atomic mass is 10.1. The van der Waals surface area contributed by atoms with E-state index < -0.39 is 37.4 Å². The minimum atomic E-state index is -4.12. The molecule has 0 saturated carbocycles. The van der Waals surface area contributed by atoms with Crippen LogP contribution >= 0.6 is 22.6 Å². The van der Waals surface area contributed by atoms with Gasteiger partial charge in [0.15, 0.2) is 4.90 Å². The quantitative estimate of drug-likeness (QED) is 0.390. The molecule has 1 unspecified atom stereocenters. The molecule has 0 aliphatic carbocycles. The number of halogens is 2. The minimum Gasteiger partial charge on any atom is -0.323 e. The first-order valence-corrected chi connectivity index (χ1v) is 9.56. The summed E-state index contributed by atoms with van der Waals surface area (Å²) < 4.78 is 40.4. The zero-order chi connectivity index (χ0) is 18.8. The van der Waals surface area contributed by atoms with Crippen molar-refractivity contribution in [2.75, 3.05) is 13.6 Å². The number of nitro benzene ring substituents is 1. The smallest absolute Gasteiger partial charge is 0.289 e. The maximum absolute atomic E-state index is 13.5. The van der Waals surface area contributed by atoms with Gasteiger partial charge in [-0.05, 0) is 52.4 Å². The lowest BCUT2D eigenvalue weighted by molar-refractivity contribution is -0.387. The molecule has 25 heavy (non-hydrogen) atoms. The van der Waals surface area contributed by atoms with E-state index in [1.54, 1.807) is 6.07 Å². The molecule has 2 aromatic rings. The molecule has 1 atom stereocenters. The molecule has 0 heterocycles. The average molecular weight is 479 g/mol. The number of nitrogens with zero attached hydrogens (tertiary/aromatic N) is 2. The first-order chi connectivity index (χ1) is 11.6. The van der Waals surface area contributed by atoms with Crippen molar-refractivity contribution in [3.63, 3.8) is 0 Å². The summed E-state index contributed by atoms with van der Waals surface area (Å²) in [6, 6.07) is 8.51. The van der Waals surface area contributed by atoms with E-state index in [0.29, 0.717) is 9.13 Å². The highest BCUT2D eigenvalue weighted by Gasteiger charge is 2.30. The van der Waals surface area contributed by atoms with Gasteiger partial charge in [-0.2, -0.15) is 4.31 Å². The van der Waals surface area contributed by atoms with Crippen LogP contribution in [0.4, 0.5) is 10.1 Å². The first-order valence-electron chi connectivity index (χ1n) is 7.04. The second-order valence-electron chi connectivity index (χ2n) is 5.32. The number of hydrogen-bond donors (Lipinski definition) is 1. The molecule has 0 aromatic heterocycles. The van der Waals surface area contributed by atoms with Gasteiger partial charge < -0.3 is 5.73 Å². The second kappa shape index (κ2) is 7.72. The molecule has 0 saturated heterocycles. The number of likely N-dealkylation sites (N-methyl/N-ethyl adjacent to an activating group) is 1. The van der Waals surface area contributed by atoms with Gasteiger partial charge in [-0.15, -0.1) is 0 Å². The Morgan fingerprint density at radius 1 is 1.32 bits per heavy atom. The van der Waals surface area contributed by atoms with Crippen LogP contribution in [0.3, 0.4) is 0 Å². The Morgan fingerprint density at radius 2 is 1.96 bits per heavy atom. The number of rotatable bonds is 6. The van der Waals surface area contributed by atoms with Crippen LogP contribution in [-0.2, 0) is 10.0 Å². The predicted octanol–water partition coefficient (Wildman–Crippen LogP) is 2.66. The van der Waals surface area contributed by atoms with E-state index in [2.05, 4.69) is 0 Å². The fraction of sp³-hybridized carbons (Fsp3) is 0.200. The number of sulfonamides is 1. The molecule has 2 rings (SSSR count). The standard InChI is InChI=1S/C15H15FIN3O4S/c1-19(9-13(18)10-6-11(16)8-12(17)7-10)25(23,24)15-5-3-2-4-14(15)20(21)22/h2-8,13H,9,18H2,1H3. The topological polar surface area (TPSA) is 107 Å². The molecule has 2 aromatic carbocycles. The summed E-state index contributed by atoms with van der Waals surface area (Å²) >= 11 is 1.93. The van der Waals surface area contributed by atoms with Crippen molar-refractivity contribution < 1.29 is 17.7 Å². The number of benzene rings is 2. The summed E-state index contributed by atoms with van der Waals surface area (Å²) in [4.78, 5) is 9.90. The van der Waals surface area contributed by atoms with Crippen LogP contribution in [0.25, 0.3) is 0 Å². The number of nitro groups is 1. The zero-order valence-electron chi connectivity index (χ0n) is 13.1. The largest absolute Gasteiger partial charge is 0.323 e. The highest BCUT2D eigenvalue weighted by molar-refractivity contribution is 14.1. The van der Waals surface area contributed by atoms with E-state index in [-0.39, 0.29) is 6.54 Å².